The molecule has 0 radical (unpaired) electrons. The Bertz CT molecular complexity index is 1190. The van der Waals surface area contributed by atoms with Crippen molar-refractivity contribution in [3.05, 3.63) is 88.3 Å². The van der Waals surface area contributed by atoms with Gasteiger partial charge in [-0.05, 0) is 53.0 Å². The van der Waals surface area contributed by atoms with E-state index in [0.29, 0.717) is 6.42 Å². The number of carbonyl (C=O) groups excluding carboxylic acids is 1. The zero-order chi connectivity index (χ0) is 20.7. The third-order valence-corrected chi connectivity index (χ3v) is 9.24. The van der Waals surface area contributed by atoms with Crippen LogP contribution >= 0.6 is 11.3 Å². The summed E-state index contributed by atoms with van der Waals surface area (Å²) in [6.45, 7) is 0.204. The van der Waals surface area contributed by atoms with Crippen LogP contribution in [0.4, 0.5) is 0 Å². The highest BCUT2D eigenvalue weighted by Gasteiger charge is 2.41. The number of thiophene rings is 1. The number of fused-ring (bicyclic) bond motifs is 2. The first-order valence-corrected chi connectivity index (χ1v) is 12.4. The summed E-state index contributed by atoms with van der Waals surface area (Å²) in [5, 5.41) is 4.89. The van der Waals surface area contributed by atoms with Crippen LogP contribution in [0.15, 0.2) is 70.3 Å². The van der Waals surface area contributed by atoms with E-state index in [-0.39, 0.29) is 22.7 Å². The molecule has 2 heterocycles. The van der Waals surface area contributed by atoms with Gasteiger partial charge in [-0.1, -0.05) is 54.6 Å². The Morgan fingerprint density at radius 3 is 2.47 bits per heavy atom. The van der Waals surface area contributed by atoms with Crippen LogP contribution in [0.25, 0.3) is 0 Å². The molecule has 1 N–H and O–H groups in total. The van der Waals surface area contributed by atoms with Crippen LogP contribution in [0.5, 0.6) is 0 Å². The zero-order valence-corrected chi connectivity index (χ0v) is 18.0. The molecule has 2 atom stereocenters. The second-order valence-electron chi connectivity index (χ2n) is 7.77. The lowest BCUT2D eigenvalue weighted by Gasteiger charge is -2.35. The van der Waals surface area contributed by atoms with Gasteiger partial charge in [0.05, 0.1) is 6.04 Å². The number of nitrogens with one attached hydrogen (secondary N) is 1. The molecule has 2 aromatic carbocycles. The summed E-state index contributed by atoms with van der Waals surface area (Å²) in [5.74, 6) is -0.230. The van der Waals surface area contributed by atoms with Crippen molar-refractivity contribution in [3.63, 3.8) is 0 Å². The van der Waals surface area contributed by atoms with Crippen LogP contribution in [0.3, 0.4) is 0 Å². The van der Waals surface area contributed by atoms with Crippen molar-refractivity contribution in [1.82, 2.24) is 9.62 Å². The van der Waals surface area contributed by atoms with Gasteiger partial charge in [0.2, 0.25) is 5.91 Å². The van der Waals surface area contributed by atoms with Crippen LogP contribution in [0.2, 0.25) is 0 Å². The van der Waals surface area contributed by atoms with E-state index in [9.17, 15) is 13.2 Å². The van der Waals surface area contributed by atoms with Crippen molar-refractivity contribution in [1.29, 1.82) is 0 Å². The number of rotatable bonds is 4. The molecule has 2 aliphatic rings. The summed E-state index contributed by atoms with van der Waals surface area (Å²) in [6, 6.07) is 18.4. The van der Waals surface area contributed by atoms with E-state index in [1.165, 1.54) is 21.2 Å². The van der Waals surface area contributed by atoms with Gasteiger partial charge in [-0.25, -0.2) is 8.42 Å². The highest BCUT2D eigenvalue weighted by atomic mass is 32.2. The fourth-order valence-corrected chi connectivity index (χ4v) is 7.16. The van der Waals surface area contributed by atoms with Crippen LogP contribution < -0.4 is 5.32 Å². The second kappa shape index (κ2) is 7.65. The molecule has 0 saturated carbocycles. The van der Waals surface area contributed by atoms with Crippen LogP contribution in [0.1, 0.15) is 34.7 Å². The summed E-state index contributed by atoms with van der Waals surface area (Å²) < 4.78 is 28.4. The van der Waals surface area contributed by atoms with Crippen molar-refractivity contribution < 1.29 is 13.2 Å². The number of aryl methyl sites for hydroxylation is 1. The van der Waals surface area contributed by atoms with E-state index >= 15 is 0 Å². The SMILES string of the molecule is O=C(NC1CCc2ccccc21)[C@@H]1Cc2ccccc2CN1S(=O)(=O)c1cccs1. The van der Waals surface area contributed by atoms with Gasteiger partial charge in [-0.3, -0.25) is 4.79 Å². The minimum atomic E-state index is -3.76. The average molecular weight is 439 g/mol. The quantitative estimate of drug-likeness (QED) is 0.676. The normalized spacial score (nSPS) is 21.1. The minimum absolute atomic E-state index is 0.0721. The zero-order valence-electron chi connectivity index (χ0n) is 16.3. The molecule has 0 spiro atoms. The number of carbonyl (C=O) groups is 1. The molecule has 7 heteroatoms. The van der Waals surface area contributed by atoms with E-state index in [1.54, 1.807) is 17.5 Å². The molecule has 1 unspecified atom stereocenters. The van der Waals surface area contributed by atoms with Gasteiger partial charge in [0, 0.05) is 6.54 Å². The van der Waals surface area contributed by atoms with E-state index in [1.807, 2.05) is 42.5 Å². The fourth-order valence-electron chi connectivity index (χ4n) is 4.48. The highest BCUT2D eigenvalue weighted by molar-refractivity contribution is 7.91. The Kier molecular flexibility index (Phi) is 4.97. The van der Waals surface area contributed by atoms with Crippen LogP contribution in [-0.2, 0) is 34.2 Å². The Morgan fingerprint density at radius 1 is 0.967 bits per heavy atom. The lowest BCUT2D eigenvalue weighted by atomic mass is 9.95. The molecule has 30 heavy (non-hydrogen) atoms. The maximum Gasteiger partial charge on any atom is 0.253 e. The predicted molar refractivity (Wildman–Crippen MR) is 117 cm³/mol. The lowest BCUT2D eigenvalue weighted by Crippen LogP contribution is -2.52. The predicted octanol–water partition coefficient (Wildman–Crippen LogP) is 3.67. The number of hydrogen-bond acceptors (Lipinski definition) is 4. The summed E-state index contributed by atoms with van der Waals surface area (Å²) >= 11 is 1.18. The van der Waals surface area contributed by atoms with Gasteiger partial charge >= 0.3 is 0 Å². The first-order valence-electron chi connectivity index (χ1n) is 10.0. The second-order valence-corrected chi connectivity index (χ2v) is 10.8. The molecule has 3 aromatic rings. The Labute approximate surface area is 180 Å². The molecule has 1 amide bonds. The number of sulfonamides is 1. The van der Waals surface area contributed by atoms with Crippen molar-refractivity contribution >= 4 is 27.3 Å². The fraction of sp³-hybridized carbons (Fsp3) is 0.261. The Balaban J connectivity index is 1.47. The molecule has 5 rings (SSSR count). The topological polar surface area (TPSA) is 66.5 Å². The molecule has 1 aromatic heterocycles. The van der Waals surface area contributed by atoms with E-state index in [2.05, 4.69) is 11.4 Å². The Hall–Kier alpha value is -2.48. The lowest BCUT2D eigenvalue weighted by molar-refractivity contribution is -0.126. The van der Waals surface area contributed by atoms with Gasteiger partial charge in [-0.15, -0.1) is 11.3 Å². The molecule has 0 bridgehead atoms. The molecule has 154 valence electrons. The Morgan fingerprint density at radius 2 is 1.70 bits per heavy atom. The van der Waals surface area contributed by atoms with Crippen molar-refractivity contribution in [2.75, 3.05) is 0 Å². The number of nitrogens with zero attached hydrogens (tertiary/aromatic N) is 1. The molecular formula is C23H22N2O3S2. The summed E-state index contributed by atoms with van der Waals surface area (Å²) in [4.78, 5) is 13.4. The highest BCUT2D eigenvalue weighted by Crippen LogP contribution is 2.33. The first-order chi connectivity index (χ1) is 14.5. The first kappa shape index (κ1) is 19.5. The molecule has 1 aliphatic carbocycles. The summed E-state index contributed by atoms with van der Waals surface area (Å²) in [6.07, 6.45) is 2.14. The molecule has 5 nitrogen and oxygen atoms in total. The van der Waals surface area contributed by atoms with Gasteiger partial charge in [-0.2, -0.15) is 4.31 Å². The maximum absolute atomic E-state index is 13.4. The number of benzene rings is 2. The molecule has 1 aliphatic heterocycles. The van der Waals surface area contributed by atoms with E-state index in [0.717, 1.165) is 29.5 Å². The molecule has 0 fully saturated rings. The standard InChI is InChI=1S/C23H22N2O3S2/c26-23(24-20-12-11-16-6-3-4-9-19(16)20)21-14-17-7-1-2-8-18(17)15-25(21)30(27,28)22-10-5-13-29-22/h1-10,13,20-21H,11-12,14-15H2,(H,24,26)/t20?,21-/m0/s1. The third-order valence-electron chi connectivity index (χ3n) is 6.02. The van der Waals surface area contributed by atoms with Crippen LogP contribution in [-0.4, -0.2) is 24.7 Å². The monoisotopic (exact) mass is 438 g/mol. The smallest absolute Gasteiger partial charge is 0.253 e. The summed E-state index contributed by atoms with van der Waals surface area (Å²) in [7, 11) is -3.76. The van der Waals surface area contributed by atoms with Crippen molar-refractivity contribution in [2.24, 2.45) is 0 Å². The largest absolute Gasteiger partial charge is 0.348 e. The van der Waals surface area contributed by atoms with E-state index in [4.69, 9.17) is 0 Å². The maximum atomic E-state index is 13.4. The van der Waals surface area contributed by atoms with Crippen molar-refractivity contribution in [2.45, 2.75) is 42.1 Å². The number of amides is 1. The molecule has 0 saturated heterocycles. The van der Waals surface area contributed by atoms with E-state index < -0.39 is 16.1 Å². The van der Waals surface area contributed by atoms with Crippen molar-refractivity contribution in [3.8, 4) is 0 Å². The third kappa shape index (κ3) is 3.37. The average Bonchev–Trinajstić information content (AvgIpc) is 3.44. The molecular weight excluding hydrogens is 416 g/mol. The minimum Gasteiger partial charge on any atom is -0.348 e. The van der Waals surface area contributed by atoms with Gasteiger partial charge in [0.25, 0.3) is 10.0 Å². The summed E-state index contributed by atoms with van der Waals surface area (Å²) in [5.41, 5.74) is 4.37. The van der Waals surface area contributed by atoms with Gasteiger partial charge in [0.1, 0.15) is 10.3 Å². The van der Waals surface area contributed by atoms with Gasteiger partial charge < -0.3 is 5.32 Å². The van der Waals surface area contributed by atoms with Crippen LogP contribution in [0, 0.1) is 0 Å². The van der Waals surface area contributed by atoms with Gasteiger partial charge in [0.15, 0.2) is 0 Å². The number of hydrogen-bond donors (Lipinski definition) is 1.